The van der Waals surface area contributed by atoms with Gasteiger partial charge in [-0.3, -0.25) is 4.79 Å². The molecule has 1 heterocycles. The zero-order valence-electron chi connectivity index (χ0n) is 16.7. The summed E-state index contributed by atoms with van der Waals surface area (Å²) in [4.78, 5) is 28.3. The molecule has 6 heteroatoms. The molecule has 1 aliphatic rings. The molecule has 1 atom stereocenters. The van der Waals surface area contributed by atoms with Crippen molar-refractivity contribution < 1.29 is 23.8 Å². The molecule has 1 aromatic heterocycles. The largest absolute Gasteiger partial charge is 0.494 e. The molecule has 0 saturated heterocycles. The highest BCUT2D eigenvalue weighted by Gasteiger charge is 2.32. The van der Waals surface area contributed by atoms with Gasteiger partial charge in [-0.25, -0.2) is 4.79 Å². The molecule has 1 N–H and O–H groups in total. The second kappa shape index (κ2) is 9.06. The summed E-state index contributed by atoms with van der Waals surface area (Å²) in [5.74, 6) is 0.511. The van der Waals surface area contributed by atoms with E-state index in [0.717, 1.165) is 17.0 Å². The molecule has 0 amide bonds. The van der Waals surface area contributed by atoms with Gasteiger partial charge < -0.3 is 19.2 Å². The van der Waals surface area contributed by atoms with Crippen molar-refractivity contribution in [3.63, 3.8) is 0 Å². The van der Waals surface area contributed by atoms with E-state index in [9.17, 15) is 9.59 Å². The molecule has 0 fully saturated rings. The molecule has 0 saturated carbocycles. The number of nitrogens with one attached hydrogen (secondary N) is 1. The Hall–Kier alpha value is -2.60. The molecule has 150 valence electrons. The number of aromatic nitrogens is 1. The van der Waals surface area contributed by atoms with Gasteiger partial charge in [0.25, 0.3) is 0 Å². The fraction of sp³-hybridized carbons (Fsp3) is 0.455. The van der Waals surface area contributed by atoms with E-state index in [-0.39, 0.29) is 18.3 Å². The minimum absolute atomic E-state index is 0.0576. The van der Waals surface area contributed by atoms with E-state index in [2.05, 4.69) is 4.98 Å². The van der Waals surface area contributed by atoms with Gasteiger partial charge in [0.2, 0.25) is 0 Å². The van der Waals surface area contributed by atoms with E-state index < -0.39 is 5.97 Å². The van der Waals surface area contributed by atoms with Gasteiger partial charge in [-0.1, -0.05) is 12.1 Å². The highest BCUT2D eigenvalue weighted by molar-refractivity contribution is 6.03. The van der Waals surface area contributed by atoms with Gasteiger partial charge in [-0.2, -0.15) is 0 Å². The quantitative estimate of drug-likeness (QED) is 0.552. The smallest absolute Gasteiger partial charge is 0.355 e. The lowest BCUT2D eigenvalue weighted by Crippen LogP contribution is -2.18. The first-order valence-corrected chi connectivity index (χ1v) is 9.77. The number of hydrogen-bond acceptors (Lipinski definition) is 5. The fourth-order valence-electron chi connectivity index (χ4n) is 3.69. The van der Waals surface area contributed by atoms with Gasteiger partial charge in [0, 0.05) is 24.3 Å². The molecule has 1 aromatic carbocycles. The Morgan fingerprint density at radius 3 is 2.54 bits per heavy atom. The zero-order chi connectivity index (χ0) is 20.1. The third-order valence-corrected chi connectivity index (χ3v) is 5.02. The van der Waals surface area contributed by atoms with Crippen LogP contribution in [0.15, 0.2) is 24.3 Å². The van der Waals surface area contributed by atoms with Crippen molar-refractivity contribution >= 4 is 11.8 Å². The van der Waals surface area contributed by atoms with Crippen LogP contribution in [-0.4, -0.2) is 43.2 Å². The standard InChI is InChI=1S/C22H27NO5/c1-4-26-10-11-28-22(25)21-14(3)20-18(23-21)12-16(13-19(20)24)15-6-8-17(9-7-15)27-5-2/h6-9,16,23H,4-5,10-13H2,1-3H3/t16-/m0/s1. The molecule has 0 bridgehead atoms. The van der Waals surface area contributed by atoms with Crippen LogP contribution in [0, 0.1) is 6.92 Å². The second-order valence-corrected chi connectivity index (χ2v) is 6.84. The average molecular weight is 385 g/mol. The molecule has 28 heavy (non-hydrogen) atoms. The summed E-state index contributed by atoms with van der Waals surface area (Å²) in [5.41, 5.74) is 3.58. The van der Waals surface area contributed by atoms with E-state index in [4.69, 9.17) is 14.2 Å². The summed E-state index contributed by atoms with van der Waals surface area (Å²) in [6.07, 6.45) is 1.11. The van der Waals surface area contributed by atoms with E-state index >= 15 is 0 Å². The molecule has 2 aromatic rings. The lowest BCUT2D eigenvalue weighted by Gasteiger charge is -2.22. The lowest BCUT2D eigenvalue weighted by molar-refractivity contribution is 0.0329. The van der Waals surface area contributed by atoms with Crippen molar-refractivity contribution in [1.82, 2.24) is 4.98 Å². The van der Waals surface area contributed by atoms with Gasteiger partial charge in [0.15, 0.2) is 5.78 Å². The van der Waals surface area contributed by atoms with Crippen LogP contribution in [0.2, 0.25) is 0 Å². The molecule has 0 aliphatic heterocycles. The van der Waals surface area contributed by atoms with Crippen molar-refractivity contribution in [2.75, 3.05) is 26.4 Å². The Balaban J connectivity index is 1.75. The maximum absolute atomic E-state index is 12.8. The highest BCUT2D eigenvalue weighted by Crippen LogP contribution is 2.35. The third kappa shape index (κ3) is 4.28. The summed E-state index contributed by atoms with van der Waals surface area (Å²) in [6.45, 7) is 7.38. The van der Waals surface area contributed by atoms with Crippen LogP contribution in [0.4, 0.5) is 0 Å². The van der Waals surface area contributed by atoms with Gasteiger partial charge in [-0.15, -0.1) is 0 Å². The molecule has 0 spiro atoms. The van der Waals surface area contributed by atoms with E-state index in [1.54, 1.807) is 6.92 Å². The molecular formula is C22H27NO5. The number of fused-ring (bicyclic) bond motifs is 1. The van der Waals surface area contributed by atoms with Crippen molar-refractivity contribution in [2.24, 2.45) is 0 Å². The predicted octanol–water partition coefficient (Wildman–Crippen LogP) is 3.83. The van der Waals surface area contributed by atoms with Crippen LogP contribution in [0.1, 0.15) is 63.9 Å². The summed E-state index contributed by atoms with van der Waals surface area (Å²) >= 11 is 0. The van der Waals surface area contributed by atoms with Crippen LogP contribution in [-0.2, 0) is 15.9 Å². The Kier molecular flexibility index (Phi) is 6.52. The Labute approximate surface area is 165 Å². The molecule has 0 radical (unpaired) electrons. The molecule has 0 unspecified atom stereocenters. The summed E-state index contributed by atoms with van der Waals surface area (Å²) in [5, 5.41) is 0. The van der Waals surface area contributed by atoms with Crippen LogP contribution >= 0.6 is 0 Å². The third-order valence-electron chi connectivity index (χ3n) is 5.02. The SMILES string of the molecule is CCOCCOC(=O)c1[nH]c2c(c1C)C(=O)C[C@@H](c1ccc(OCC)cc1)C2. The lowest BCUT2D eigenvalue weighted by atomic mass is 9.81. The first kappa shape index (κ1) is 20.1. The first-order chi connectivity index (χ1) is 13.5. The van der Waals surface area contributed by atoms with Gasteiger partial charge >= 0.3 is 5.97 Å². The molecule has 1 aliphatic carbocycles. The zero-order valence-corrected chi connectivity index (χ0v) is 16.7. The average Bonchev–Trinajstić information content (AvgIpc) is 3.03. The molecule has 6 nitrogen and oxygen atoms in total. The number of H-pyrrole nitrogens is 1. The number of benzene rings is 1. The van der Waals surface area contributed by atoms with Gasteiger partial charge in [0.1, 0.15) is 18.1 Å². The van der Waals surface area contributed by atoms with Crippen LogP contribution in [0.3, 0.4) is 0 Å². The van der Waals surface area contributed by atoms with Crippen LogP contribution < -0.4 is 4.74 Å². The number of Topliss-reactive ketones (excluding diaryl/α,β-unsaturated/α-hetero) is 1. The Morgan fingerprint density at radius 2 is 1.86 bits per heavy atom. The van der Waals surface area contributed by atoms with Crippen LogP contribution in [0.25, 0.3) is 0 Å². The summed E-state index contributed by atoms with van der Waals surface area (Å²) < 4.78 is 15.9. The summed E-state index contributed by atoms with van der Waals surface area (Å²) in [6, 6.07) is 7.87. The Bertz CT molecular complexity index is 837. The van der Waals surface area contributed by atoms with Crippen molar-refractivity contribution in [1.29, 1.82) is 0 Å². The number of aromatic amines is 1. The highest BCUT2D eigenvalue weighted by atomic mass is 16.6. The van der Waals surface area contributed by atoms with E-state index in [0.29, 0.717) is 49.5 Å². The topological polar surface area (TPSA) is 77.6 Å². The van der Waals surface area contributed by atoms with Gasteiger partial charge in [0.05, 0.1) is 13.2 Å². The Morgan fingerprint density at radius 1 is 1.11 bits per heavy atom. The number of esters is 1. The van der Waals surface area contributed by atoms with Crippen LogP contribution in [0.5, 0.6) is 5.75 Å². The number of hydrogen-bond donors (Lipinski definition) is 1. The number of ketones is 1. The monoisotopic (exact) mass is 385 g/mol. The number of rotatable bonds is 8. The van der Waals surface area contributed by atoms with Crippen molar-refractivity contribution in [3.05, 3.63) is 52.3 Å². The predicted molar refractivity (Wildman–Crippen MR) is 105 cm³/mol. The number of carbonyl (C=O) groups excluding carboxylic acids is 2. The second-order valence-electron chi connectivity index (χ2n) is 6.84. The maximum Gasteiger partial charge on any atom is 0.355 e. The minimum Gasteiger partial charge on any atom is -0.494 e. The normalized spacial score (nSPS) is 16.0. The van der Waals surface area contributed by atoms with Crippen molar-refractivity contribution in [2.45, 2.75) is 39.5 Å². The van der Waals surface area contributed by atoms with Gasteiger partial charge in [-0.05, 0) is 56.4 Å². The maximum atomic E-state index is 12.8. The van der Waals surface area contributed by atoms with Crippen molar-refractivity contribution in [3.8, 4) is 5.75 Å². The number of ether oxygens (including phenoxy) is 3. The molecular weight excluding hydrogens is 358 g/mol. The summed E-state index contributed by atoms with van der Waals surface area (Å²) in [7, 11) is 0. The first-order valence-electron chi connectivity index (χ1n) is 9.77. The van der Waals surface area contributed by atoms with E-state index in [1.807, 2.05) is 38.1 Å². The fourth-order valence-corrected chi connectivity index (χ4v) is 3.69. The molecule has 3 rings (SSSR count). The number of carbonyl (C=O) groups is 2. The van der Waals surface area contributed by atoms with E-state index in [1.165, 1.54) is 0 Å². The minimum atomic E-state index is -0.447.